The Morgan fingerprint density at radius 3 is 2.76 bits per heavy atom. The number of ether oxygens (including phenoxy) is 1. The highest BCUT2D eigenvalue weighted by atomic mass is 32.1. The molecule has 6 heteroatoms. The highest BCUT2D eigenvalue weighted by Gasteiger charge is 2.28. The predicted octanol–water partition coefficient (Wildman–Crippen LogP) is 2.65. The van der Waals surface area contributed by atoms with E-state index in [0.29, 0.717) is 17.2 Å². The van der Waals surface area contributed by atoms with Gasteiger partial charge in [-0.15, -0.1) is 11.3 Å². The summed E-state index contributed by atoms with van der Waals surface area (Å²) in [6, 6.07) is 0. The van der Waals surface area contributed by atoms with Crippen molar-refractivity contribution in [1.29, 1.82) is 0 Å². The van der Waals surface area contributed by atoms with Crippen LogP contribution in [-0.2, 0) is 22.5 Å². The van der Waals surface area contributed by atoms with E-state index in [9.17, 15) is 9.59 Å². The van der Waals surface area contributed by atoms with Crippen molar-refractivity contribution in [2.24, 2.45) is 0 Å². The normalized spacial score (nSPS) is 14.6. The second-order valence-corrected chi connectivity index (χ2v) is 6.24. The molecule has 1 aliphatic rings. The molecule has 0 saturated heterocycles. The zero-order chi connectivity index (χ0) is 15.4. The molecule has 0 spiro atoms. The molecule has 0 aliphatic carbocycles. The monoisotopic (exact) mass is 310 g/mol. The minimum absolute atomic E-state index is 0.162. The summed E-state index contributed by atoms with van der Waals surface area (Å²) in [5.41, 5.74) is 1.61. The summed E-state index contributed by atoms with van der Waals surface area (Å²) in [4.78, 5) is 27.1. The van der Waals surface area contributed by atoms with E-state index in [4.69, 9.17) is 4.74 Å². The Hall–Kier alpha value is -1.40. The topological polar surface area (TPSA) is 58.6 Å². The molecule has 0 radical (unpaired) electrons. The van der Waals surface area contributed by atoms with E-state index < -0.39 is 0 Å². The van der Waals surface area contributed by atoms with Gasteiger partial charge in [0.25, 0.3) is 0 Å². The van der Waals surface area contributed by atoms with Crippen LogP contribution >= 0.6 is 11.3 Å². The molecule has 1 amide bonds. The van der Waals surface area contributed by atoms with Gasteiger partial charge in [-0.1, -0.05) is 6.92 Å². The van der Waals surface area contributed by atoms with Crippen LogP contribution in [0, 0.1) is 0 Å². The van der Waals surface area contributed by atoms with E-state index in [1.807, 2.05) is 0 Å². The van der Waals surface area contributed by atoms with Crippen molar-refractivity contribution in [3.63, 3.8) is 0 Å². The first-order valence-corrected chi connectivity index (χ1v) is 8.20. The zero-order valence-corrected chi connectivity index (χ0v) is 13.6. The minimum atomic E-state index is -0.331. The van der Waals surface area contributed by atoms with E-state index in [0.717, 1.165) is 38.0 Å². The van der Waals surface area contributed by atoms with E-state index >= 15 is 0 Å². The number of hydrogen-bond donors (Lipinski definition) is 1. The molecule has 0 aromatic carbocycles. The third-order valence-electron chi connectivity index (χ3n) is 3.44. The van der Waals surface area contributed by atoms with Crippen LogP contribution in [0.25, 0.3) is 0 Å². The molecule has 0 fully saturated rings. The second kappa shape index (κ2) is 7.04. The standard InChI is InChI=1S/C15H22N2O3S/c1-4-7-17-8-6-11-12(9-17)21-14(16-10(3)18)13(11)15(19)20-5-2/h4-9H2,1-3H3,(H,16,18). The molecule has 116 valence electrons. The van der Waals surface area contributed by atoms with Crippen molar-refractivity contribution in [3.05, 3.63) is 16.0 Å². The fourth-order valence-electron chi connectivity index (χ4n) is 2.63. The lowest BCUT2D eigenvalue weighted by Gasteiger charge is -2.26. The zero-order valence-electron chi connectivity index (χ0n) is 12.8. The SMILES string of the molecule is CCCN1CCc2c(sc(NC(C)=O)c2C(=O)OCC)C1. The molecule has 2 heterocycles. The van der Waals surface area contributed by atoms with Gasteiger partial charge in [-0.2, -0.15) is 0 Å². The Bertz CT molecular complexity index is 539. The number of hydrogen-bond acceptors (Lipinski definition) is 5. The fraction of sp³-hybridized carbons (Fsp3) is 0.600. The van der Waals surface area contributed by atoms with Gasteiger partial charge in [0.15, 0.2) is 0 Å². The summed E-state index contributed by atoms with van der Waals surface area (Å²) in [6.45, 7) is 8.60. The largest absolute Gasteiger partial charge is 0.462 e. The number of amides is 1. The van der Waals surface area contributed by atoms with Crippen molar-refractivity contribution in [2.75, 3.05) is 25.0 Å². The quantitative estimate of drug-likeness (QED) is 0.850. The molecule has 5 nitrogen and oxygen atoms in total. The number of rotatable bonds is 5. The number of carbonyl (C=O) groups is 2. The first-order chi connectivity index (χ1) is 10.1. The van der Waals surface area contributed by atoms with Crippen molar-refractivity contribution in [1.82, 2.24) is 4.90 Å². The first-order valence-electron chi connectivity index (χ1n) is 7.38. The first kappa shape index (κ1) is 16.0. The molecule has 0 saturated carbocycles. The molecular formula is C15H22N2O3S. The summed E-state index contributed by atoms with van der Waals surface area (Å²) in [6.07, 6.45) is 1.95. The smallest absolute Gasteiger partial charge is 0.341 e. The Kier molecular flexibility index (Phi) is 5.36. The molecule has 21 heavy (non-hydrogen) atoms. The number of nitrogens with one attached hydrogen (secondary N) is 1. The number of nitrogens with zero attached hydrogens (tertiary/aromatic N) is 1. The van der Waals surface area contributed by atoms with Crippen LogP contribution in [0.1, 0.15) is 48.0 Å². The van der Waals surface area contributed by atoms with Gasteiger partial charge < -0.3 is 10.1 Å². The summed E-state index contributed by atoms with van der Waals surface area (Å²) in [5.74, 6) is -0.493. The number of carbonyl (C=O) groups excluding carboxylic acids is 2. The molecule has 1 aromatic heterocycles. The van der Waals surface area contributed by atoms with Gasteiger partial charge in [0, 0.05) is 24.9 Å². The van der Waals surface area contributed by atoms with E-state index in [-0.39, 0.29) is 11.9 Å². The van der Waals surface area contributed by atoms with Crippen LogP contribution in [0.5, 0.6) is 0 Å². The Morgan fingerprint density at radius 1 is 1.38 bits per heavy atom. The average Bonchev–Trinajstić information content (AvgIpc) is 2.75. The number of anilines is 1. The summed E-state index contributed by atoms with van der Waals surface area (Å²) in [7, 11) is 0. The summed E-state index contributed by atoms with van der Waals surface area (Å²) in [5, 5.41) is 3.41. The van der Waals surface area contributed by atoms with Crippen molar-refractivity contribution >= 4 is 28.2 Å². The van der Waals surface area contributed by atoms with Crippen LogP contribution in [0.3, 0.4) is 0 Å². The second-order valence-electron chi connectivity index (χ2n) is 5.14. The third kappa shape index (κ3) is 3.63. The van der Waals surface area contributed by atoms with Crippen LogP contribution in [0.2, 0.25) is 0 Å². The summed E-state index contributed by atoms with van der Waals surface area (Å²) >= 11 is 1.50. The lowest BCUT2D eigenvalue weighted by Crippen LogP contribution is -2.30. The number of esters is 1. The molecule has 1 aliphatic heterocycles. The molecular weight excluding hydrogens is 288 g/mol. The number of fused-ring (bicyclic) bond motifs is 1. The lowest BCUT2D eigenvalue weighted by molar-refractivity contribution is -0.114. The predicted molar refractivity (Wildman–Crippen MR) is 83.9 cm³/mol. The van der Waals surface area contributed by atoms with Crippen LogP contribution < -0.4 is 5.32 Å². The van der Waals surface area contributed by atoms with Gasteiger partial charge in [0.1, 0.15) is 5.00 Å². The number of thiophene rings is 1. The van der Waals surface area contributed by atoms with Gasteiger partial charge in [0.2, 0.25) is 5.91 Å². The molecule has 0 atom stereocenters. The fourth-order valence-corrected chi connectivity index (χ4v) is 3.95. The van der Waals surface area contributed by atoms with Gasteiger partial charge >= 0.3 is 5.97 Å². The van der Waals surface area contributed by atoms with E-state index in [2.05, 4.69) is 17.1 Å². The van der Waals surface area contributed by atoms with Gasteiger partial charge in [0.05, 0.1) is 12.2 Å². The molecule has 0 bridgehead atoms. The summed E-state index contributed by atoms with van der Waals surface area (Å²) < 4.78 is 5.15. The van der Waals surface area contributed by atoms with Crippen LogP contribution in [0.15, 0.2) is 0 Å². The van der Waals surface area contributed by atoms with Gasteiger partial charge in [-0.05, 0) is 31.9 Å². The van der Waals surface area contributed by atoms with Crippen molar-refractivity contribution in [3.8, 4) is 0 Å². The molecule has 1 aromatic rings. The van der Waals surface area contributed by atoms with Gasteiger partial charge in [-0.3, -0.25) is 9.69 Å². The maximum Gasteiger partial charge on any atom is 0.341 e. The van der Waals surface area contributed by atoms with Crippen molar-refractivity contribution < 1.29 is 14.3 Å². The average molecular weight is 310 g/mol. The van der Waals surface area contributed by atoms with Gasteiger partial charge in [-0.25, -0.2) is 4.79 Å². The molecule has 2 rings (SSSR count). The molecule has 0 unspecified atom stereocenters. The van der Waals surface area contributed by atoms with Crippen LogP contribution in [-0.4, -0.2) is 36.5 Å². The Balaban J connectivity index is 2.33. The third-order valence-corrected chi connectivity index (χ3v) is 4.58. The lowest BCUT2D eigenvalue weighted by atomic mass is 10.0. The van der Waals surface area contributed by atoms with Crippen LogP contribution in [0.4, 0.5) is 5.00 Å². The highest BCUT2D eigenvalue weighted by Crippen LogP contribution is 2.37. The Morgan fingerprint density at radius 2 is 2.14 bits per heavy atom. The molecule has 1 N–H and O–H groups in total. The van der Waals surface area contributed by atoms with E-state index in [1.165, 1.54) is 23.1 Å². The highest BCUT2D eigenvalue weighted by molar-refractivity contribution is 7.17. The van der Waals surface area contributed by atoms with E-state index in [1.54, 1.807) is 6.92 Å². The van der Waals surface area contributed by atoms with Crippen molar-refractivity contribution in [2.45, 2.75) is 40.2 Å². The Labute approximate surface area is 129 Å². The minimum Gasteiger partial charge on any atom is -0.462 e. The maximum atomic E-state index is 12.2. The maximum absolute atomic E-state index is 12.2.